The average molecular weight is 350 g/mol. The second kappa shape index (κ2) is 5.54. The molecule has 1 aromatic heterocycles. The Balaban J connectivity index is 2.14. The normalized spacial score (nSPS) is 20.6. The Bertz CT molecular complexity index is 526. The molecule has 1 aromatic rings. The van der Waals surface area contributed by atoms with E-state index in [-0.39, 0.29) is 5.03 Å². The van der Waals surface area contributed by atoms with Crippen molar-refractivity contribution in [1.82, 2.24) is 13.9 Å². The van der Waals surface area contributed by atoms with E-state index in [1.54, 1.807) is 29.0 Å². The smallest absolute Gasteiger partial charge is 0.262 e. The molecule has 2 heterocycles. The van der Waals surface area contributed by atoms with Crippen molar-refractivity contribution in [2.75, 3.05) is 13.1 Å². The van der Waals surface area contributed by atoms with Crippen molar-refractivity contribution in [1.29, 1.82) is 0 Å². The van der Waals surface area contributed by atoms with Crippen LogP contribution < -0.4 is 0 Å². The molecule has 19 heavy (non-hydrogen) atoms. The molecule has 1 fully saturated rings. The van der Waals surface area contributed by atoms with Gasteiger partial charge in [0.25, 0.3) is 10.0 Å². The molecule has 0 saturated carbocycles. The minimum absolute atomic E-state index is 0.165. The second-order valence-electron chi connectivity index (χ2n) is 5.16. The molecule has 2 rings (SSSR count). The third kappa shape index (κ3) is 3.03. The Morgan fingerprint density at radius 3 is 2.42 bits per heavy atom. The lowest BCUT2D eigenvalue weighted by atomic mass is 9.96. The highest BCUT2D eigenvalue weighted by Crippen LogP contribution is 2.28. The van der Waals surface area contributed by atoms with Crippen LogP contribution >= 0.6 is 15.9 Å². The van der Waals surface area contributed by atoms with Gasteiger partial charge in [0.2, 0.25) is 0 Å². The summed E-state index contributed by atoms with van der Waals surface area (Å²) >= 11 is 3.58. The SMILES string of the molecule is Cc1nc(S(=O)(=O)N2CCC(C(C)Br)CC2)cn1C. The number of halogens is 1. The first-order chi connectivity index (χ1) is 8.82. The first-order valence-electron chi connectivity index (χ1n) is 6.46. The van der Waals surface area contributed by atoms with Crippen molar-refractivity contribution >= 4 is 26.0 Å². The van der Waals surface area contributed by atoms with E-state index in [1.165, 1.54) is 0 Å². The van der Waals surface area contributed by atoms with Crippen molar-refractivity contribution in [2.45, 2.75) is 36.5 Å². The molecule has 0 spiro atoms. The van der Waals surface area contributed by atoms with Crippen LogP contribution in [0.25, 0.3) is 0 Å². The van der Waals surface area contributed by atoms with Gasteiger partial charge in [0, 0.05) is 31.2 Å². The molecular formula is C12H20BrN3O2S. The molecule has 7 heteroatoms. The average Bonchev–Trinajstić information content (AvgIpc) is 2.70. The van der Waals surface area contributed by atoms with E-state index >= 15 is 0 Å². The molecule has 1 aliphatic rings. The molecular weight excluding hydrogens is 330 g/mol. The molecule has 0 bridgehead atoms. The largest absolute Gasteiger partial charge is 0.337 e. The predicted octanol–water partition coefficient (Wildman–Crippen LogP) is 1.91. The number of alkyl halides is 1. The fraction of sp³-hybridized carbons (Fsp3) is 0.750. The number of hydrogen-bond acceptors (Lipinski definition) is 3. The van der Waals surface area contributed by atoms with Gasteiger partial charge in [-0.3, -0.25) is 0 Å². The molecule has 1 atom stereocenters. The zero-order valence-corrected chi connectivity index (χ0v) is 13.9. The van der Waals surface area contributed by atoms with Gasteiger partial charge in [-0.15, -0.1) is 0 Å². The minimum atomic E-state index is -3.43. The van der Waals surface area contributed by atoms with Crippen LogP contribution in [0.2, 0.25) is 0 Å². The van der Waals surface area contributed by atoms with Crippen molar-refractivity contribution in [3.63, 3.8) is 0 Å². The van der Waals surface area contributed by atoms with E-state index in [0.29, 0.717) is 29.7 Å². The summed E-state index contributed by atoms with van der Waals surface area (Å²) in [7, 11) is -1.62. The topological polar surface area (TPSA) is 55.2 Å². The third-order valence-corrected chi connectivity index (χ3v) is 6.36. The zero-order chi connectivity index (χ0) is 14.2. The molecule has 0 N–H and O–H groups in total. The highest BCUT2D eigenvalue weighted by molar-refractivity contribution is 9.09. The third-order valence-electron chi connectivity index (χ3n) is 3.84. The summed E-state index contributed by atoms with van der Waals surface area (Å²) in [5.74, 6) is 1.26. The quantitative estimate of drug-likeness (QED) is 0.783. The summed E-state index contributed by atoms with van der Waals surface area (Å²) < 4.78 is 28.2. The van der Waals surface area contributed by atoms with Crippen LogP contribution in [0.1, 0.15) is 25.6 Å². The number of piperidine rings is 1. The van der Waals surface area contributed by atoms with E-state index in [9.17, 15) is 8.42 Å². The lowest BCUT2D eigenvalue weighted by Gasteiger charge is -2.31. The van der Waals surface area contributed by atoms with Crippen LogP contribution in [0, 0.1) is 12.8 Å². The molecule has 1 saturated heterocycles. The van der Waals surface area contributed by atoms with Crippen LogP contribution in [0.15, 0.2) is 11.2 Å². The van der Waals surface area contributed by atoms with E-state index in [4.69, 9.17) is 0 Å². The fourth-order valence-corrected chi connectivity index (χ4v) is 4.38. The van der Waals surface area contributed by atoms with Crippen LogP contribution in [-0.4, -0.2) is 40.2 Å². The van der Waals surface area contributed by atoms with Gasteiger partial charge >= 0.3 is 0 Å². The first-order valence-corrected chi connectivity index (χ1v) is 8.82. The van der Waals surface area contributed by atoms with E-state index in [0.717, 1.165) is 12.8 Å². The highest BCUT2D eigenvalue weighted by atomic mass is 79.9. The Morgan fingerprint density at radius 1 is 1.42 bits per heavy atom. The van der Waals surface area contributed by atoms with Crippen LogP contribution in [-0.2, 0) is 17.1 Å². The van der Waals surface area contributed by atoms with Crippen LogP contribution in [0.4, 0.5) is 0 Å². The number of rotatable bonds is 3. The monoisotopic (exact) mass is 349 g/mol. The second-order valence-corrected chi connectivity index (χ2v) is 8.49. The molecule has 1 aliphatic heterocycles. The Morgan fingerprint density at radius 2 is 2.00 bits per heavy atom. The van der Waals surface area contributed by atoms with Crippen molar-refractivity contribution in [3.8, 4) is 0 Å². The molecule has 0 radical (unpaired) electrons. The van der Waals surface area contributed by atoms with E-state index < -0.39 is 10.0 Å². The zero-order valence-electron chi connectivity index (χ0n) is 11.5. The summed E-state index contributed by atoms with van der Waals surface area (Å²) in [5.41, 5.74) is 0. The number of nitrogens with zero attached hydrogens (tertiary/aromatic N) is 3. The number of aryl methyl sites for hydroxylation is 2. The standard InChI is InChI=1S/C12H20BrN3O2S/c1-9(13)11-4-6-16(7-5-11)19(17,18)12-8-15(3)10(2)14-12/h8-9,11H,4-7H2,1-3H3. The van der Waals surface area contributed by atoms with Gasteiger partial charge in [0.15, 0.2) is 5.03 Å². The molecule has 1 unspecified atom stereocenters. The molecule has 108 valence electrons. The summed E-state index contributed by atoms with van der Waals surface area (Å²) in [4.78, 5) is 4.57. The summed E-state index contributed by atoms with van der Waals surface area (Å²) in [6.07, 6.45) is 3.39. The highest BCUT2D eigenvalue weighted by Gasteiger charge is 2.32. The maximum absolute atomic E-state index is 12.5. The van der Waals surface area contributed by atoms with E-state index in [2.05, 4.69) is 27.8 Å². The lowest BCUT2D eigenvalue weighted by molar-refractivity contribution is 0.274. The summed E-state index contributed by atoms with van der Waals surface area (Å²) in [6, 6.07) is 0. The van der Waals surface area contributed by atoms with Gasteiger partial charge in [0.1, 0.15) is 5.82 Å². The summed E-state index contributed by atoms with van der Waals surface area (Å²) in [6.45, 7) is 5.09. The van der Waals surface area contributed by atoms with Crippen molar-refractivity contribution < 1.29 is 8.42 Å². The predicted molar refractivity (Wildman–Crippen MR) is 77.8 cm³/mol. The van der Waals surface area contributed by atoms with Crippen LogP contribution in [0.5, 0.6) is 0 Å². The summed E-state index contributed by atoms with van der Waals surface area (Å²) in [5, 5.41) is 0.165. The van der Waals surface area contributed by atoms with Gasteiger partial charge in [-0.05, 0) is 25.7 Å². The molecule has 5 nitrogen and oxygen atoms in total. The first kappa shape index (κ1) is 15.0. The fourth-order valence-electron chi connectivity index (χ4n) is 2.36. The number of imidazole rings is 1. The maximum atomic E-state index is 12.5. The minimum Gasteiger partial charge on any atom is -0.337 e. The number of hydrogen-bond donors (Lipinski definition) is 0. The van der Waals surface area contributed by atoms with Gasteiger partial charge in [0.05, 0.1) is 0 Å². The number of sulfonamides is 1. The Kier molecular flexibility index (Phi) is 4.37. The molecule has 0 amide bonds. The van der Waals surface area contributed by atoms with Gasteiger partial charge < -0.3 is 4.57 Å². The molecule has 0 aromatic carbocycles. The van der Waals surface area contributed by atoms with Crippen LogP contribution in [0.3, 0.4) is 0 Å². The lowest BCUT2D eigenvalue weighted by Crippen LogP contribution is -2.40. The number of aromatic nitrogens is 2. The Labute approximate surface area is 123 Å². The maximum Gasteiger partial charge on any atom is 0.262 e. The van der Waals surface area contributed by atoms with Gasteiger partial charge in [-0.25, -0.2) is 13.4 Å². The van der Waals surface area contributed by atoms with E-state index in [1.807, 2.05) is 0 Å². The Hall–Kier alpha value is -0.400. The molecule has 0 aliphatic carbocycles. The van der Waals surface area contributed by atoms with Gasteiger partial charge in [-0.1, -0.05) is 22.9 Å². The van der Waals surface area contributed by atoms with Gasteiger partial charge in [-0.2, -0.15) is 4.31 Å². The van der Waals surface area contributed by atoms with Crippen molar-refractivity contribution in [3.05, 3.63) is 12.0 Å². The van der Waals surface area contributed by atoms with Crippen molar-refractivity contribution in [2.24, 2.45) is 13.0 Å².